The summed E-state index contributed by atoms with van der Waals surface area (Å²) in [5, 5.41) is 2.46. The van der Waals surface area contributed by atoms with Crippen LogP contribution >= 0.6 is 0 Å². The number of hydrogen-bond acceptors (Lipinski definition) is 3. The quantitative estimate of drug-likeness (QED) is 0.542. The van der Waals surface area contributed by atoms with Crippen LogP contribution in [-0.4, -0.2) is 26.3 Å². The first kappa shape index (κ1) is 8.97. The van der Waals surface area contributed by atoms with Gasteiger partial charge in [-0.2, -0.15) is 0 Å². The van der Waals surface area contributed by atoms with E-state index in [-0.39, 0.29) is 0 Å². The zero-order valence-corrected chi connectivity index (χ0v) is 5.96. The summed E-state index contributed by atoms with van der Waals surface area (Å²) in [5.41, 5.74) is 5.15. The van der Waals surface area contributed by atoms with E-state index in [9.17, 15) is 4.79 Å². The van der Waals surface area contributed by atoms with Crippen LogP contribution in [0.25, 0.3) is 0 Å². The topological polar surface area (TPSA) is 64.3 Å². The maximum atomic E-state index is 10.4. The molecule has 0 spiro atoms. The summed E-state index contributed by atoms with van der Waals surface area (Å²) >= 11 is 0. The van der Waals surface area contributed by atoms with Crippen LogP contribution in [0.3, 0.4) is 0 Å². The second kappa shape index (κ2) is 6.10. The fourth-order valence-corrected chi connectivity index (χ4v) is 0.394. The smallest absolute Gasteiger partial charge is 0.407 e. The molecule has 0 aliphatic rings. The lowest BCUT2D eigenvalue weighted by molar-refractivity contribution is 0.172. The number of ether oxygens (including phenoxy) is 1. The fraction of sp³-hybridized carbons (Fsp3) is 0.500. The highest BCUT2D eigenvalue weighted by Gasteiger charge is 1.91. The van der Waals surface area contributed by atoms with Crippen molar-refractivity contribution in [2.75, 3.05) is 20.2 Å². The molecule has 0 bridgehead atoms. The van der Waals surface area contributed by atoms with Crippen molar-refractivity contribution in [3.05, 3.63) is 12.2 Å². The van der Waals surface area contributed by atoms with Gasteiger partial charge in [-0.25, -0.2) is 4.79 Å². The van der Waals surface area contributed by atoms with Gasteiger partial charge >= 0.3 is 6.09 Å². The van der Waals surface area contributed by atoms with Crippen LogP contribution in [0.5, 0.6) is 0 Å². The third kappa shape index (κ3) is 5.11. The molecule has 0 saturated heterocycles. The Bertz CT molecular complexity index is 123. The molecule has 0 fully saturated rings. The summed E-state index contributed by atoms with van der Waals surface area (Å²) < 4.78 is 4.32. The highest BCUT2D eigenvalue weighted by molar-refractivity contribution is 5.66. The maximum absolute atomic E-state index is 10.4. The van der Waals surface area contributed by atoms with Crippen LogP contribution in [0.2, 0.25) is 0 Å². The van der Waals surface area contributed by atoms with Gasteiger partial charge in [0.25, 0.3) is 0 Å². The van der Waals surface area contributed by atoms with Gasteiger partial charge in [-0.1, -0.05) is 12.2 Å². The van der Waals surface area contributed by atoms with Gasteiger partial charge in [0, 0.05) is 13.1 Å². The summed E-state index contributed by atoms with van der Waals surface area (Å²) in [6.07, 6.45) is 3.09. The third-order valence-electron chi connectivity index (χ3n) is 0.852. The van der Waals surface area contributed by atoms with Gasteiger partial charge in [0.2, 0.25) is 0 Å². The molecule has 0 aromatic carbocycles. The van der Waals surface area contributed by atoms with Crippen molar-refractivity contribution < 1.29 is 9.53 Å². The van der Waals surface area contributed by atoms with Crippen LogP contribution in [-0.2, 0) is 4.74 Å². The minimum absolute atomic E-state index is 0.429. The van der Waals surface area contributed by atoms with E-state index in [4.69, 9.17) is 5.73 Å². The SMILES string of the molecule is COC(=O)NC/C=C/CN. The van der Waals surface area contributed by atoms with E-state index in [0.717, 1.165) is 0 Å². The molecule has 4 heteroatoms. The molecule has 0 aromatic heterocycles. The van der Waals surface area contributed by atoms with Crippen molar-refractivity contribution >= 4 is 6.09 Å². The van der Waals surface area contributed by atoms with Crippen molar-refractivity contribution in [1.29, 1.82) is 0 Å². The van der Waals surface area contributed by atoms with Crippen molar-refractivity contribution in [1.82, 2.24) is 5.32 Å². The Morgan fingerprint density at radius 2 is 2.40 bits per heavy atom. The van der Waals surface area contributed by atoms with Gasteiger partial charge in [-0.3, -0.25) is 0 Å². The molecule has 0 radical (unpaired) electrons. The minimum atomic E-state index is -0.429. The Labute approximate surface area is 60.0 Å². The normalized spacial score (nSPS) is 9.80. The number of carbonyl (C=O) groups excluding carboxylic acids is 1. The zero-order chi connectivity index (χ0) is 7.82. The number of carbonyl (C=O) groups is 1. The van der Waals surface area contributed by atoms with Crippen LogP contribution in [0, 0.1) is 0 Å². The van der Waals surface area contributed by atoms with E-state index in [1.54, 1.807) is 12.2 Å². The molecular formula is C6H12N2O2. The monoisotopic (exact) mass is 144 g/mol. The van der Waals surface area contributed by atoms with Gasteiger partial charge < -0.3 is 15.8 Å². The number of nitrogens with one attached hydrogen (secondary N) is 1. The molecule has 1 amide bonds. The number of rotatable bonds is 3. The van der Waals surface area contributed by atoms with Crippen molar-refractivity contribution in [2.24, 2.45) is 5.73 Å². The van der Waals surface area contributed by atoms with Crippen LogP contribution < -0.4 is 11.1 Å². The summed E-state index contributed by atoms with van der Waals surface area (Å²) in [7, 11) is 1.32. The second-order valence-electron chi connectivity index (χ2n) is 1.58. The molecule has 58 valence electrons. The average molecular weight is 144 g/mol. The number of nitrogens with two attached hydrogens (primary N) is 1. The van der Waals surface area contributed by atoms with E-state index in [1.165, 1.54) is 7.11 Å². The van der Waals surface area contributed by atoms with E-state index in [2.05, 4.69) is 10.1 Å². The summed E-state index contributed by atoms with van der Waals surface area (Å²) in [6, 6.07) is 0. The molecule has 4 nitrogen and oxygen atoms in total. The lowest BCUT2D eigenvalue weighted by atomic mass is 10.5. The molecule has 0 rings (SSSR count). The lowest BCUT2D eigenvalue weighted by Crippen LogP contribution is -2.22. The first-order chi connectivity index (χ1) is 4.81. The standard InChI is InChI=1S/C6H12N2O2/c1-10-6(9)8-5-3-2-4-7/h2-3H,4-5,7H2,1H3,(H,8,9)/b3-2+. The van der Waals surface area contributed by atoms with Gasteiger partial charge in [0.15, 0.2) is 0 Å². The van der Waals surface area contributed by atoms with E-state index in [0.29, 0.717) is 13.1 Å². The Balaban J connectivity index is 3.19. The molecule has 0 aliphatic carbocycles. The van der Waals surface area contributed by atoms with Crippen LogP contribution in [0.15, 0.2) is 12.2 Å². The molecule has 0 atom stereocenters. The average Bonchev–Trinajstić information content (AvgIpc) is 1.98. The fourth-order valence-electron chi connectivity index (χ4n) is 0.394. The Hall–Kier alpha value is -1.03. The maximum Gasteiger partial charge on any atom is 0.407 e. The number of hydrogen-bond donors (Lipinski definition) is 2. The van der Waals surface area contributed by atoms with Gasteiger partial charge in [0.05, 0.1) is 7.11 Å². The minimum Gasteiger partial charge on any atom is -0.453 e. The lowest BCUT2D eigenvalue weighted by Gasteiger charge is -1.97. The first-order valence-electron chi connectivity index (χ1n) is 2.98. The van der Waals surface area contributed by atoms with Gasteiger partial charge in [-0.15, -0.1) is 0 Å². The number of methoxy groups -OCH3 is 1. The third-order valence-corrected chi connectivity index (χ3v) is 0.852. The first-order valence-corrected chi connectivity index (χ1v) is 2.98. The Morgan fingerprint density at radius 3 is 2.90 bits per heavy atom. The molecular weight excluding hydrogens is 132 g/mol. The molecule has 0 heterocycles. The Morgan fingerprint density at radius 1 is 1.70 bits per heavy atom. The van der Waals surface area contributed by atoms with Crippen molar-refractivity contribution in [3.8, 4) is 0 Å². The molecule has 0 saturated carbocycles. The highest BCUT2D eigenvalue weighted by atomic mass is 16.5. The zero-order valence-electron chi connectivity index (χ0n) is 5.96. The van der Waals surface area contributed by atoms with E-state index < -0.39 is 6.09 Å². The predicted octanol–water partition coefficient (Wildman–Crippen LogP) is -0.143. The van der Waals surface area contributed by atoms with Crippen molar-refractivity contribution in [2.45, 2.75) is 0 Å². The van der Waals surface area contributed by atoms with Gasteiger partial charge in [0.1, 0.15) is 0 Å². The summed E-state index contributed by atoms with van der Waals surface area (Å²) in [6.45, 7) is 0.951. The van der Waals surface area contributed by atoms with Gasteiger partial charge in [-0.05, 0) is 0 Å². The van der Waals surface area contributed by atoms with Crippen LogP contribution in [0.4, 0.5) is 4.79 Å². The van der Waals surface area contributed by atoms with E-state index in [1.807, 2.05) is 0 Å². The predicted molar refractivity (Wildman–Crippen MR) is 38.6 cm³/mol. The molecule has 3 N–H and O–H groups in total. The Kier molecular flexibility index (Phi) is 5.47. The second-order valence-corrected chi connectivity index (χ2v) is 1.58. The van der Waals surface area contributed by atoms with Crippen LogP contribution in [0.1, 0.15) is 0 Å². The number of alkyl carbamates (subject to hydrolysis) is 1. The van der Waals surface area contributed by atoms with E-state index >= 15 is 0 Å². The molecule has 0 aromatic rings. The highest BCUT2D eigenvalue weighted by Crippen LogP contribution is 1.71. The number of amides is 1. The molecule has 0 aliphatic heterocycles. The summed E-state index contributed by atoms with van der Waals surface area (Å²) in [5.74, 6) is 0. The molecule has 0 unspecified atom stereocenters. The van der Waals surface area contributed by atoms with Crippen molar-refractivity contribution in [3.63, 3.8) is 0 Å². The summed E-state index contributed by atoms with van der Waals surface area (Å²) in [4.78, 5) is 10.4. The molecule has 10 heavy (non-hydrogen) atoms. The largest absolute Gasteiger partial charge is 0.453 e.